The first-order valence-corrected chi connectivity index (χ1v) is 15.2. The molecule has 0 atom stereocenters. The Labute approximate surface area is 257 Å². The van der Waals surface area contributed by atoms with Crippen LogP contribution in [-0.4, -0.2) is 81.8 Å². The van der Waals surface area contributed by atoms with E-state index in [0.717, 1.165) is 70.7 Å². The zero-order valence-corrected chi connectivity index (χ0v) is 25.6. The molecule has 0 bridgehead atoms. The molecular formula is C35H39FN8. The summed E-state index contributed by atoms with van der Waals surface area (Å²) in [6.45, 7) is 10.8. The first kappa shape index (κ1) is 29.5. The number of rotatable bonds is 11. The Morgan fingerprint density at radius 3 is 2.73 bits per heavy atom. The molecule has 1 aliphatic heterocycles. The van der Waals surface area contributed by atoms with Gasteiger partial charge in [-0.1, -0.05) is 24.8 Å². The van der Waals surface area contributed by atoms with Crippen molar-refractivity contribution in [3.05, 3.63) is 90.6 Å². The van der Waals surface area contributed by atoms with Crippen molar-refractivity contribution in [1.82, 2.24) is 34.9 Å². The smallest absolute Gasteiger partial charge is 0.181 e. The van der Waals surface area contributed by atoms with Crippen molar-refractivity contribution in [2.45, 2.75) is 19.8 Å². The van der Waals surface area contributed by atoms with Gasteiger partial charge in [-0.05, 0) is 94.5 Å². The van der Waals surface area contributed by atoms with E-state index in [9.17, 15) is 4.39 Å². The van der Waals surface area contributed by atoms with Gasteiger partial charge in [0, 0.05) is 65.1 Å². The number of pyridine rings is 2. The van der Waals surface area contributed by atoms with E-state index >= 15 is 0 Å². The fraction of sp³-hybridized carbons (Fsp3) is 0.286. The molecule has 0 unspecified atom stereocenters. The highest BCUT2D eigenvalue weighted by Gasteiger charge is 2.17. The molecule has 0 spiro atoms. The lowest BCUT2D eigenvalue weighted by atomic mass is 10.0. The number of H-pyrrole nitrogens is 2. The number of hydrogen-bond acceptors (Lipinski definition) is 6. The molecule has 6 rings (SSSR count). The van der Waals surface area contributed by atoms with Gasteiger partial charge in [-0.2, -0.15) is 5.10 Å². The average Bonchev–Trinajstić information content (AvgIpc) is 3.78. The predicted molar refractivity (Wildman–Crippen MR) is 179 cm³/mol. The van der Waals surface area contributed by atoms with Crippen LogP contribution in [0, 0.1) is 5.82 Å². The maximum Gasteiger partial charge on any atom is 0.181 e. The van der Waals surface area contributed by atoms with Crippen molar-refractivity contribution in [2.75, 3.05) is 52.1 Å². The molecule has 0 radical (unpaired) electrons. The van der Waals surface area contributed by atoms with E-state index in [1.54, 1.807) is 6.20 Å². The molecule has 1 aromatic carbocycles. The first-order valence-electron chi connectivity index (χ1n) is 15.2. The minimum Gasteiger partial charge on any atom is -0.384 e. The van der Waals surface area contributed by atoms with Gasteiger partial charge >= 0.3 is 0 Å². The number of hydrogen-bond donors (Lipinski definition) is 3. The van der Waals surface area contributed by atoms with Gasteiger partial charge in [0.1, 0.15) is 5.82 Å². The van der Waals surface area contributed by atoms with Crippen LogP contribution in [0.1, 0.15) is 25.3 Å². The molecule has 1 saturated heterocycles. The fourth-order valence-electron chi connectivity index (χ4n) is 5.83. The average molecular weight is 591 g/mol. The number of fused-ring (bicyclic) bond motifs is 2. The molecule has 0 aliphatic carbocycles. The molecule has 0 amide bonds. The lowest BCUT2D eigenvalue weighted by molar-refractivity contribution is 0.371. The van der Waals surface area contributed by atoms with Crippen LogP contribution < -0.4 is 5.32 Å². The Balaban J connectivity index is 1.34. The number of nitrogens with zero attached hydrogens (tertiary/aromatic N) is 5. The number of benzene rings is 1. The Morgan fingerprint density at radius 2 is 1.95 bits per heavy atom. The first-order chi connectivity index (χ1) is 21.4. The number of likely N-dealkylation sites (tertiary alicyclic amines) is 1. The van der Waals surface area contributed by atoms with Gasteiger partial charge in [-0.3, -0.25) is 15.0 Å². The summed E-state index contributed by atoms with van der Waals surface area (Å²) in [5.74, 6) is -0.309. The monoisotopic (exact) mass is 590 g/mol. The highest BCUT2D eigenvalue weighted by Crippen LogP contribution is 2.34. The molecule has 1 aliphatic rings. The Hall–Kier alpha value is -4.60. The number of nitrogens with one attached hydrogen (secondary N) is 3. The third-order valence-electron chi connectivity index (χ3n) is 8.14. The van der Waals surface area contributed by atoms with Crippen LogP contribution in [0.4, 0.5) is 10.1 Å². The number of anilines is 1. The van der Waals surface area contributed by atoms with E-state index in [0.29, 0.717) is 23.4 Å². The second kappa shape index (κ2) is 13.0. The third kappa shape index (κ3) is 6.34. The van der Waals surface area contributed by atoms with E-state index < -0.39 is 0 Å². The SMILES string of the molecule is C=C/C(=C\C(=C/C)c1cnc2n[nH]c(-c3cc4c(-c5cc(F)cc(NCCN(C)C)c5)nccc4[nH]3)c2c1)CN1CCCC1. The van der Waals surface area contributed by atoms with Crippen molar-refractivity contribution >= 4 is 33.2 Å². The number of aromatic nitrogens is 5. The minimum atomic E-state index is -0.309. The van der Waals surface area contributed by atoms with Gasteiger partial charge in [-0.15, -0.1) is 0 Å². The van der Waals surface area contributed by atoms with Gasteiger partial charge in [-0.25, -0.2) is 9.37 Å². The van der Waals surface area contributed by atoms with Gasteiger partial charge in [0.05, 0.1) is 17.1 Å². The van der Waals surface area contributed by atoms with Gasteiger partial charge < -0.3 is 15.2 Å². The van der Waals surface area contributed by atoms with Crippen molar-refractivity contribution in [1.29, 1.82) is 0 Å². The molecule has 226 valence electrons. The van der Waals surface area contributed by atoms with Crippen molar-refractivity contribution in [2.24, 2.45) is 0 Å². The van der Waals surface area contributed by atoms with Crippen LogP contribution in [-0.2, 0) is 0 Å². The highest BCUT2D eigenvalue weighted by molar-refractivity contribution is 6.00. The summed E-state index contributed by atoms with van der Waals surface area (Å²) in [5.41, 5.74) is 8.66. The van der Waals surface area contributed by atoms with E-state index in [-0.39, 0.29) is 5.82 Å². The van der Waals surface area contributed by atoms with Crippen molar-refractivity contribution in [3.8, 4) is 22.6 Å². The van der Waals surface area contributed by atoms with Gasteiger partial charge in [0.2, 0.25) is 0 Å². The third-order valence-corrected chi connectivity index (χ3v) is 8.14. The fourth-order valence-corrected chi connectivity index (χ4v) is 5.83. The van der Waals surface area contributed by atoms with Crippen LogP contribution in [0.5, 0.6) is 0 Å². The number of likely N-dealkylation sites (N-methyl/N-ethyl adjacent to an activating group) is 1. The largest absolute Gasteiger partial charge is 0.384 e. The van der Waals surface area contributed by atoms with Crippen LogP contribution in [0.25, 0.3) is 50.2 Å². The summed E-state index contributed by atoms with van der Waals surface area (Å²) in [6, 6.07) is 11.1. The molecule has 1 fully saturated rings. The molecule has 8 nitrogen and oxygen atoms in total. The second-order valence-electron chi connectivity index (χ2n) is 11.6. The van der Waals surface area contributed by atoms with E-state index in [1.165, 1.54) is 30.5 Å². The summed E-state index contributed by atoms with van der Waals surface area (Å²) in [4.78, 5) is 17.4. The predicted octanol–water partition coefficient (Wildman–Crippen LogP) is 6.89. The Bertz CT molecular complexity index is 1860. The van der Waals surface area contributed by atoms with Gasteiger partial charge in [0.25, 0.3) is 0 Å². The normalized spacial score (nSPS) is 14.8. The molecule has 0 saturated carbocycles. The Kier molecular flexibility index (Phi) is 8.67. The van der Waals surface area contributed by atoms with E-state index in [2.05, 4.69) is 65.1 Å². The van der Waals surface area contributed by atoms with Crippen LogP contribution in [0.15, 0.2) is 79.2 Å². The van der Waals surface area contributed by atoms with Crippen LogP contribution >= 0.6 is 0 Å². The highest BCUT2D eigenvalue weighted by atomic mass is 19.1. The Morgan fingerprint density at radius 1 is 1.11 bits per heavy atom. The van der Waals surface area contributed by atoms with Crippen molar-refractivity contribution < 1.29 is 4.39 Å². The van der Waals surface area contributed by atoms with E-state index in [1.807, 2.05) is 51.5 Å². The number of halogens is 1. The quantitative estimate of drug-likeness (QED) is 0.145. The summed E-state index contributed by atoms with van der Waals surface area (Å²) in [7, 11) is 4.02. The molecule has 44 heavy (non-hydrogen) atoms. The van der Waals surface area contributed by atoms with Crippen molar-refractivity contribution in [3.63, 3.8) is 0 Å². The van der Waals surface area contributed by atoms with Crippen LogP contribution in [0.3, 0.4) is 0 Å². The summed E-state index contributed by atoms with van der Waals surface area (Å²) in [5, 5.41) is 12.8. The standard InChI is InChI=1S/C35H39FN8/c1-5-23(22-44-12-7-8-13-44)15-24(6-2)26-18-30-34(41-42-35(30)39-21-26)32-20-29-31(40-32)9-10-38-33(29)25-16-27(36)19-28(17-25)37-11-14-43(3)4/h5-6,9-10,15-21,37,40H,1,7-8,11-14,22H2,2-4H3,(H,39,41,42)/b23-15+,24-6+. The molecule has 5 aromatic rings. The zero-order chi connectivity index (χ0) is 30.6. The molecule has 9 heteroatoms. The molecule has 3 N–H and O–H groups in total. The molecular weight excluding hydrogens is 551 g/mol. The topological polar surface area (TPSA) is 88.8 Å². The van der Waals surface area contributed by atoms with E-state index in [4.69, 9.17) is 0 Å². The second-order valence-corrected chi connectivity index (χ2v) is 11.6. The molecule has 5 heterocycles. The van der Waals surface area contributed by atoms with Gasteiger partial charge in [0.15, 0.2) is 5.65 Å². The number of aromatic amines is 2. The lowest BCUT2D eigenvalue weighted by Gasteiger charge is -2.15. The number of allylic oxidation sites excluding steroid dienone is 3. The lowest BCUT2D eigenvalue weighted by Crippen LogP contribution is -2.21. The molecule has 4 aromatic heterocycles. The zero-order valence-electron chi connectivity index (χ0n) is 25.6. The summed E-state index contributed by atoms with van der Waals surface area (Å²) < 4.78 is 14.7. The summed E-state index contributed by atoms with van der Waals surface area (Å²) in [6.07, 6.45) is 12.4. The summed E-state index contributed by atoms with van der Waals surface area (Å²) >= 11 is 0. The maximum atomic E-state index is 14.7. The minimum absolute atomic E-state index is 0.309. The maximum absolute atomic E-state index is 14.7. The van der Waals surface area contributed by atoms with Crippen LogP contribution in [0.2, 0.25) is 0 Å².